The summed E-state index contributed by atoms with van der Waals surface area (Å²) in [7, 11) is 2.12. The summed E-state index contributed by atoms with van der Waals surface area (Å²) in [5.74, 6) is -6.72. The molecule has 4 amide bonds. The Labute approximate surface area is 310 Å². The molecule has 15 nitrogen and oxygen atoms in total. The Morgan fingerprint density at radius 1 is 0.611 bits per heavy atom. The van der Waals surface area contributed by atoms with Crippen LogP contribution in [-0.2, 0) is 57.5 Å². The minimum absolute atomic E-state index is 0.0326. The summed E-state index contributed by atoms with van der Waals surface area (Å²) in [6.07, 6.45) is 3.16. The van der Waals surface area contributed by atoms with E-state index in [1.165, 1.54) is 0 Å². The third-order valence-corrected chi connectivity index (χ3v) is 9.20. The van der Waals surface area contributed by atoms with Crippen LogP contribution in [-0.4, -0.2) is 83.9 Å². The first-order valence-electron chi connectivity index (χ1n) is 17.2. The van der Waals surface area contributed by atoms with Gasteiger partial charge in [0.1, 0.15) is 18.1 Å². The molecule has 5 rings (SSSR count). The first kappa shape index (κ1) is 38.7. The van der Waals surface area contributed by atoms with Crippen LogP contribution in [0.4, 0.5) is 0 Å². The Hall–Kier alpha value is -6.48. The molecule has 0 saturated heterocycles. The first-order chi connectivity index (χ1) is 26.0. The SMILES string of the molecule is COC(=O)C(C[C@H](NC(=O)[C@@H](Cc1ccccc1)NC(=O)[C@@H](Cc1c[nH]c2ccccc12)NC(=O)[C@H](N)Cc1c[nH]c2ccccc12)C(N)=O)C(=O)OC. The summed E-state index contributed by atoms with van der Waals surface area (Å²) in [6, 6.07) is 18.8. The number of benzene rings is 3. The van der Waals surface area contributed by atoms with Crippen molar-refractivity contribution in [3.8, 4) is 0 Å². The van der Waals surface area contributed by atoms with Gasteiger partial charge >= 0.3 is 11.9 Å². The van der Waals surface area contributed by atoms with Crippen molar-refractivity contribution < 1.29 is 38.2 Å². The van der Waals surface area contributed by atoms with Crippen LogP contribution < -0.4 is 27.4 Å². The molecule has 2 heterocycles. The zero-order chi connectivity index (χ0) is 38.8. The van der Waals surface area contributed by atoms with Crippen molar-refractivity contribution in [2.24, 2.45) is 17.4 Å². The largest absolute Gasteiger partial charge is 0.468 e. The van der Waals surface area contributed by atoms with Gasteiger partial charge in [-0.3, -0.25) is 28.8 Å². The van der Waals surface area contributed by atoms with Gasteiger partial charge in [0, 0.05) is 53.5 Å². The highest BCUT2D eigenvalue weighted by molar-refractivity contribution is 5.98. The molecule has 0 saturated carbocycles. The zero-order valence-electron chi connectivity index (χ0n) is 29.8. The maximum Gasteiger partial charge on any atom is 0.320 e. The van der Waals surface area contributed by atoms with Crippen molar-refractivity contribution in [1.82, 2.24) is 25.9 Å². The molecule has 2 aromatic heterocycles. The number of H-pyrrole nitrogens is 2. The second-order valence-corrected chi connectivity index (χ2v) is 12.8. The Balaban J connectivity index is 1.40. The van der Waals surface area contributed by atoms with E-state index in [1.807, 2.05) is 48.5 Å². The molecule has 0 radical (unpaired) electrons. The minimum Gasteiger partial charge on any atom is -0.468 e. The summed E-state index contributed by atoms with van der Waals surface area (Å²) in [5, 5.41) is 9.78. The number of amides is 4. The number of aromatic amines is 2. The molecule has 0 aliphatic carbocycles. The van der Waals surface area contributed by atoms with Crippen molar-refractivity contribution in [3.05, 3.63) is 108 Å². The molecule has 3 aromatic carbocycles. The van der Waals surface area contributed by atoms with Gasteiger partial charge in [0.05, 0.1) is 20.3 Å². The van der Waals surface area contributed by atoms with Gasteiger partial charge in [-0.25, -0.2) is 0 Å². The van der Waals surface area contributed by atoms with Gasteiger partial charge in [0.15, 0.2) is 5.92 Å². The van der Waals surface area contributed by atoms with Gasteiger partial charge in [0.25, 0.3) is 0 Å². The molecule has 4 atom stereocenters. The van der Waals surface area contributed by atoms with Crippen LogP contribution in [0, 0.1) is 5.92 Å². The highest BCUT2D eigenvalue weighted by Gasteiger charge is 2.36. The van der Waals surface area contributed by atoms with Gasteiger partial charge in [-0.05, 0) is 35.2 Å². The van der Waals surface area contributed by atoms with E-state index >= 15 is 0 Å². The molecule has 54 heavy (non-hydrogen) atoms. The Morgan fingerprint density at radius 2 is 1.07 bits per heavy atom. The van der Waals surface area contributed by atoms with Crippen molar-refractivity contribution in [1.29, 1.82) is 0 Å². The number of rotatable bonds is 17. The van der Waals surface area contributed by atoms with Crippen molar-refractivity contribution in [3.63, 3.8) is 0 Å². The van der Waals surface area contributed by atoms with E-state index in [2.05, 4.69) is 35.4 Å². The number of carbonyl (C=O) groups is 6. The molecular weight excluding hydrogens is 694 g/mol. The number of primary amides is 1. The highest BCUT2D eigenvalue weighted by Crippen LogP contribution is 2.21. The molecule has 15 heteroatoms. The van der Waals surface area contributed by atoms with Crippen LogP contribution in [0.3, 0.4) is 0 Å². The number of carbonyl (C=O) groups excluding carboxylic acids is 6. The molecule has 282 valence electrons. The highest BCUT2D eigenvalue weighted by atomic mass is 16.5. The van der Waals surface area contributed by atoms with Gasteiger partial charge in [-0.15, -0.1) is 0 Å². The van der Waals surface area contributed by atoms with E-state index in [9.17, 15) is 28.8 Å². The number of esters is 2. The van der Waals surface area contributed by atoms with E-state index in [1.54, 1.807) is 42.7 Å². The average Bonchev–Trinajstić information content (AvgIpc) is 3.79. The predicted octanol–water partition coefficient (Wildman–Crippen LogP) is 1.30. The molecule has 0 aliphatic rings. The van der Waals surface area contributed by atoms with Gasteiger partial charge in [0.2, 0.25) is 23.6 Å². The molecule has 9 N–H and O–H groups in total. The third kappa shape index (κ3) is 9.49. The lowest BCUT2D eigenvalue weighted by Crippen LogP contribution is -2.59. The molecule has 0 spiro atoms. The maximum absolute atomic E-state index is 14.2. The van der Waals surface area contributed by atoms with Crippen LogP contribution in [0.5, 0.6) is 0 Å². The molecule has 5 aromatic rings. The molecule has 0 unspecified atom stereocenters. The third-order valence-electron chi connectivity index (χ3n) is 9.20. The topological polar surface area (TPSA) is 241 Å². The fourth-order valence-corrected chi connectivity index (χ4v) is 6.30. The van der Waals surface area contributed by atoms with Crippen LogP contribution in [0.1, 0.15) is 23.1 Å². The van der Waals surface area contributed by atoms with Gasteiger partial charge in [-0.1, -0.05) is 66.7 Å². The van der Waals surface area contributed by atoms with Crippen LogP contribution in [0.15, 0.2) is 91.3 Å². The Morgan fingerprint density at radius 3 is 1.61 bits per heavy atom. The molecule has 0 bridgehead atoms. The lowest BCUT2D eigenvalue weighted by molar-refractivity contribution is -0.159. The van der Waals surface area contributed by atoms with E-state index < -0.39 is 72.1 Å². The lowest BCUT2D eigenvalue weighted by atomic mass is 9.98. The summed E-state index contributed by atoms with van der Waals surface area (Å²) >= 11 is 0. The summed E-state index contributed by atoms with van der Waals surface area (Å²) in [4.78, 5) is 85.4. The van der Waals surface area contributed by atoms with E-state index in [0.29, 0.717) is 5.56 Å². The van der Waals surface area contributed by atoms with Crippen molar-refractivity contribution in [2.75, 3.05) is 14.2 Å². The number of fused-ring (bicyclic) bond motifs is 2. The fraction of sp³-hybridized carbons (Fsp3) is 0.282. The number of nitrogens with one attached hydrogen (secondary N) is 5. The average molecular weight is 738 g/mol. The van der Waals surface area contributed by atoms with Crippen molar-refractivity contribution in [2.45, 2.75) is 49.9 Å². The van der Waals surface area contributed by atoms with E-state index in [-0.39, 0.29) is 19.3 Å². The van der Waals surface area contributed by atoms with E-state index in [0.717, 1.165) is 47.2 Å². The minimum atomic E-state index is -1.57. The van der Waals surface area contributed by atoms with Crippen LogP contribution in [0.2, 0.25) is 0 Å². The smallest absolute Gasteiger partial charge is 0.320 e. The zero-order valence-corrected chi connectivity index (χ0v) is 29.8. The normalized spacial score (nSPS) is 13.4. The Bertz CT molecular complexity index is 2110. The predicted molar refractivity (Wildman–Crippen MR) is 199 cm³/mol. The molecule has 0 aliphatic heterocycles. The number of nitrogens with two attached hydrogens (primary N) is 2. The van der Waals surface area contributed by atoms with Crippen LogP contribution >= 0.6 is 0 Å². The number of ether oxygens (including phenoxy) is 2. The monoisotopic (exact) mass is 737 g/mol. The second-order valence-electron chi connectivity index (χ2n) is 12.8. The Kier molecular flexibility index (Phi) is 12.8. The first-order valence-corrected chi connectivity index (χ1v) is 17.2. The summed E-state index contributed by atoms with van der Waals surface area (Å²) in [6.45, 7) is 0. The number of methoxy groups -OCH3 is 2. The van der Waals surface area contributed by atoms with E-state index in [4.69, 9.17) is 11.5 Å². The number of hydrogen-bond acceptors (Lipinski definition) is 9. The summed E-state index contributed by atoms with van der Waals surface area (Å²) in [5.41, 5.74) is 15.9. The number of aromatic nitrogens is 2. The maximum atomic E-state index is 14.2. The van der Waals surface area contributed by atoms with Crippen molar-refractivity contribution >= 4 is 57.4 Å². The quantitative estimate of drug-likeness (QED) is 0.0537. The standard InChI is InChI=1S/C39H43N7O8/c1-53-38(51)27(39(52)54-2)19-31(34(41)47)44-36(49)32(16-22-10-4-3-5-11-22)46-37(50)33(18-24-21-43-30-15-9-7-13-26(24)30)45-35(48)28(40)17-23-20-42-29-14-8-6-12-25(23)29/h3-15,20-21,27-28,31-33,42-43H,16-19,40H2,1-2H3,(H2,41,47)(H,44,49)(H,45,48)(H,46,50)/t28-,31+,32-,33-/m1/s1. The lowest BCUT2D eigenvalue weighted by Gasteiger charge is -2.26. The van der Waals surface area contributed by atoms with Gasteiger partial charge in [-0.2, -0.15) is 0 Å². The summed E-state index contributed by atoms with van der Waals surface area (Å²) < 4.78 is 9.37. The van der Waals surface area contributed by atoms with Crippen LogP contribution in [0.25, 0.3) is 21.8 Å². The number of hydrogen-bond donors (Lipinski definition) is 7. The fourth-order valence-electron chi connectivity index (χ4n) is 6.30. The molecule has 0 fully saturated rings. The van der Waals surface area contributed by atoms with Gasteiger partial charge < -0.3 is 46.9 Å². The molecular formula is C39H43N7O8. The second kappa shape index (κ2) is 17.8. The number of para-hydroxylation sites is 2.